The lowest BCUT2D eigenvalue weighted by Gasteiger charge is -2.36. The van der Waals surface area contributed by atoms with Gasteiger partial charge in [-0.25, -0.2) is 4.79 Å². The highest BCUT2D eigenvalue weighted by molar-refractivity contribution is 6.53. The van der Waals surface area contributed by atoms with Crippen molar-refractivity contribution in [1.82, 2.24) is 0 Å². The van der Waals surface area contributed by atoms with Crippen LogP contribution in [0.25, 0.3) is 0 Å². The second-order valence-corrected chi connectivity index (χ2v) is 6.76. The Morgan fingerprint density at radius 3 is 2.40 bits per heavy atom. The fourth-order valence-corrected chi connectivity index (χ4v) is 4.96. The number of rotatable bonds is 1. The van der Waals surface area contributed by atoms with Gasteiger partial charge in [-0.2, -0.15) is 0 Å². The van der Waals surface area contributed by atoms with Crippen molar-refractivity contribution in [2.45, 2.75) is 19.3 Å². The summed E-state index contributed by atoms with van der Waals surface area (Å²) in [5.41, 5.74) is 0.296. The highest BCUT2D eigenvalue weighted by Crippen LogP contribution is 2.61. The molecular weight excluding hydrogens is 323 g/mol. The summed E-state index contributed by atoms with van der Waals surface area (Å²) >= 11 is 18.4. The van der Waals surface area contributed by atoms with Crippen molar-refractivity contribution in [3.05, 3.63) is 20.7 Å². The van der Waals surface area contributed by atoms with Crippen molar-refractivity contribution in [2.75, 3.05) is 7.11 Å². The van der Waals surface area contributed by atoms with Gasteiger partial charge in [-0.1, -0.05) is 34.8 Å². The molecule has 3 aliphatic rings. The number of methoxy groups -OCH3 is 1. The molecule has 0 radical (unpaired) electrons. The van der Waals surface area contributed by atoms with Crippen molar-refractivity contribution in [2.24, 2.45) is 23.7 Å². The first kappa shape index (κ1) is 14.4. The molecule has 2 saturated carbocycles. The van der Waals surface area contributed by atoms with Gasteiger partial charge in [0.25, 0.3) is 0 Å². The summed E-state index contributed by atoms with van der Waals surface area (Å²) in [6.45, 7) is 0. The van der Waals surface area contributed by atoms with Gasteiger partial charge in [0.15, 0.2) is 0 Å². The first-order valence-corrected chi connectivity index (χ1v) is 7.68. The molecule has 108 valence electrons. The molecule has 0 unspecified atom stereocenters. The zero-order valence-corrected chi connectivity index (χ0v) is 13.1. The number of hydrogen-bond donors (Lipinski definition) is 0. The quantitative estimate of drug-likeness (QED) is 0.543. The van der Waals surface area contributed by atoms with E-state index in [0.717, 1.165) is 19.3 Å². The molecule has 0 aromatic carbocycles. The molecule has 6 heteroatoms. The highest BCUT2D eigenvalue weighted by Gasteiger charge is 2.55. The summed E-state index contributed by atoms with van der Waals surface area (Å²) in [4.78, 5) is 24.1. The molecule has 0 aliphatic heterocycles. The monoisotopic (exact) mass is 334 g/mol. The van der Waals surface area contributed by atoms with E-state index >= 15 is 0 Å². The van der Waals surface area contributed by atoms with Crippen molar-refractivity contribution >= 4 is 46.6 Å². The molecule has 0 heterocycles. The first-order chi connectivity index (χ1) is 9.47. The number of carbonyl (C=O) groups is 2. The second kappa shape index (κ2) is 5.04. The Balaban J connectivity index is 2.16. The van der Waals surface area contributed by atoms with E-state index in [2.05, 4.69) is 4.74 Å². The van der Waals surface area contributed by atoms with Crippen LogP contribution in [0.3, 0.4) is 0 Å². The third-order valence-corrected chi connectivity index (χ3v) is 6.07. The summed E-state index contributed by atoms with van der Waals surface area (Å²) < 4.78 is 4.63. The number of esters is 1. The predicted octanol–water partition coefficient (Wildman–Crippen LogP) is 3.59. The molecule has 0 aromatic rings. The largest absolute Gasteiger partial charge is 0.465 e. The van der Waals surface area contributed by atoms with Crippen LogP contribution in [0.15, 0.2) is 20.7 Å². The van der Waals surface area contributed by atoms with Crippen molar-refractivity contribution in [1.29, 1.82) is 0 Å². The lowest BCUT2D eigenvalue weighted by molar-refractivity contribution is -0.135. The number of carbonyl (C=O) groups excluding carboxylic acids is 2. The summed E-state index contributed by atoms with van der Waals surface area (Å²) in [5.74, 6) is -0.422. The van der Waals surface area contributed by atoms with E-state index in [1.807, 2.05) is 0 Å². The van der Waals surface area contributed by atoms with Gasteiger partial charge in [0.2, 0.25) is 5.78 Å². The number of allylic oxidation sites excluding steroid dienone is 3. The molecule has 0 spiro atoms. The number of hydrogen-bond acceptors (Lipinski definition) is 3. The van der Waals surface area contributed by atoms with Crippen molar-refractivity contribution < 1.29 is 14.3 Å². The van der Waals surface area contributed by atoms with Crippen LogP contribution in [-0.4, -0.2) is 18.9 Å². The lowest BCUT2D eigenvalue weighted by atomic mass is 9.70. The summed E-state index contributed by atoms with van der Waals surface area (Å²) in [6.07, 6.45) is 3.14. The SMILES string of the molecule is COC(=O)/C(Cl)=C1\C(=O)C(Cl)=C(Cl)[C@@H]2[C@H]3CC[C@H](C3)[C@H]12. The first-order valence-electron chi connectivity index (χ1n) is 6.55. The number of Topliss-reactive ketones (excluding diaryl/α,β-unsaturated/α-hetero) is 1. The molecule has 0 aromatic heterocycles. The van der Waals surface area contributed by atoms with E-state index in [1.165, 1.54) is 7.11 Å². The molecule has 4 atom stereocenters. The van der Waals surface area contributed by atoms with Crippen molar-refractivity contribution in [3.63, 3.8) is 0 Å². The minimum Gasteiger partial charge on any atom is -0.465 e. The van der Waals surface area contributed by atoms with Gasteiger partial charge in [0.1, 0.15) is 10.1 Å². The lowest BCUT2D eigenvalue weighted by Crippen LogP contribution is -2.34. The van der Waals surface area contributed by atoms with Crippen molar-refractivity contribution in [3.8, 4) is 0 Å². The Bertz CT molecular complexity index is 564. The molecule has 3 aliphatic carbocycles. The van der Waals surface area contributed by atoms with Crippen LogP contribution in [0, 0.1) is 23.7 Å². The van der Waals surface area contributed by atoms with E-state index in [0.29, 0.717) is 22.4 Å². The van der Waals surface area contributed by atoms with Crippen LogP contribution in [0.2, 0.25) is 0 Å². The Morgan fingerprint density at radius 2 is 1.80 bits per heavy atom. The van der Waals surface area contributed by atoms with Gasteiger partial charge in [-0.05, 0) is 31.1 Å². The summed E-state index contributed by atoms with van der Waals surface area (Å²) in [7, 11) is 1.24. The zero-order chi connectivity index (χ0) is 14.6. The predicted molar refractivity (Wildman–Crippen MR) is 76.4 cm³/mol. The minimum atomic E-state index is -0.695. The van der Waals surface area contributed by atoms with Gasteiger partial charge >= 0.3 is 5.97 Å². The van der Waals surface area contributed by atoms with Crippen LogP contribution in [0.5, 0.6) is 0 Å². The molecule has 0 saturated heterocycles. The third kappa shape index (κ3) is 1.87. The Morgan fingerprint density at radius 1 is 1.20 bits per heavy atom. The van der Waals surface area contributed by atoms with E-state index in [-0.39, 0.29) is 21.9 Å². The normalized spacial score (nSPS) is 38.1. The van der Waals surface area contributed by atoms with Gasteiger partial charge in [0.05, 0.1) is 7.11 Å². The van der Waals surface area contributed by atoms with E-state index in [1.54, 1.807) is 0 Å². The molecule has 2 bridgehead atoms. The fraction of sp³-hybridized carbons (Fsp3) is 0.571. The molecule has 0 N–H and O–H groups in total. The van der Waals surface area contributed by atoms with Crippen LogP contribution >= 0.6 is 34.8 Å². The standard InChI is InChI=1S/C14H13Cl3O3/c1-20-14(19)11(16)9-7-5-2-3-6(4-5)8(7)10(15)12(17)13(9)18/h5-8H,2-4H2,1H3/b11-9+/t5-,6+,7+,8-/m1/s1. The maximum atomic E-state index is 12.4. The maximum absolute atomic E-state index is 12.4. The van der Waals surface area contributed by atoms with E-state index in [9.17, 15) is 9.59 Å². The minimum absolute atomic E-state index is 0.00230. The fourth-order valence-electron chi connectivity index (χ4n) is 4.04. The Labute approximate surface area is 131 Å². The number of halogens is 3. The average molecular weight is 336 g/mol. The number of ketones is 1. The Kier molecular flexibility index (Phi) is 3.64. The summed E-state index contributed by atoms with van der Waals surface area (Å²) in [5, 5.41) is 0.284. The topological polar surface area (TPSA) is 43.4 Å². The van der Waals surface area contributed by atoms with E-state index in [4.69, 9.17) is 34.8 Å². The van der Waals surface area contributed by atoms with Crippen LogP contribution in [-0.2, 0) is 14.3 Å². The molecular formula is C14H13Cl3O3. The van der Waals surface area contributed by atoms with Crippen LogP contribution < -0.4 is 0 Å². The Hall–Kier alpha value is -0.510. The van der Waals surface area contributed by atoms with Gasteiger partial charge in [-0.15, -0.1) is 0 Å². The molecule has 3 nitrogen and oxygen atoms in total. The van der Waals surface area contributed by atoms with Crippen LogP contribution in [0.1, 0.15) is 19.3 Å². The summed E-state index contributed by atoms with van der Waals surface area (Å²) in [6, 6.07) is 0. The zero-order valence-electron chi connectivity index (χ0n) is 10.8. The van der Waals surface area contributed by atoms with E-state index < -0.39 is 11.8 Å². The number of ether oxygens (including phenoxy) is 1. The highest BCUT2D eigenvalue weighted by atomic mass is 35.5. The molecule has 2 fully saturated rings. The molecule has 20 heavy (non-hydrogen) atoms. The maximum Gasteiger partial charge on any atom is 0.349 e. The van der Waals surface area contributed by atoms with Crippen LogP contribution in [0.4, 0.5) is 0 Å². The third-order valence-electron chi connectivity index (χ3n) is 4.80. The number of fused-ring (bicyclic) bond motifs is 5. The van der Waals surface area contributed by atoms with Gasteiger partial charge < -0.3 is 4.74 Å². The average Bonchev–Trinajstić information content (AvgIpc) is 3.05. The molecule has 0 amide bonds. The van der Waals surface area contributed by atoms with Gasteiger partial charge in [-0.3, -0.25) is 4.79 Å². The smallest absolute Gasteiger partial charge is 0.349 e. The molecule has 3 rings (SSSR count). The second-order valence-electron chi connectivity index (χ2n) is 5.60. The van der Waals surface area contributed by atoms with Gasteiger partial charge in [0, 0.05) is 22.4 Å².